The van der Waals surface area contributed by atoms with Gasteiger partial charge in [0.15, 0.2) is 0 Å². The van der Waals surface area contributed by atoms with Gasteiger partial charge in [-0.25, -0.2) is 4.98 Å². The van der Waals surface area contributed by atoms with Gasteiger partial charge in [-0.1, -0.05) is 53.7 Å². The van der Waals surface area contributed by atoms with Gasteiger partial charge in [-0.05, 0) is 67.5 Å². The monoisotopic (exact) mass is 491 g/mol. The molecule has 0 N–H and O–H groups in total. The molecule has 1 heterocycles. The van der Waals surface area contributed by atoms with Crippen molar-refractivity contribution in [3.63, 3.8) is 0 Å². The van der Waals surface area contributed by atoms with Gasteiger partial charge in [-0.3, -0.25) is 14.2 Å². The van der Waals surface area contributed by atoms with Crippen molar-refractivity contribution in [2.24, 2.45) is 11.3 Å². The Morgan fingerprint density at radius 2 is 1.72 bits per heavy atom. The smallest absolute Gasteiger partial charge is 0.266 e. The van der Waals surface area contributed by atoms with Crippen LogP contribution >= 0.6 is 0 Å². The molecule has 6 heteroatoms. The van der Waals surface area contributed by atoms with E-state index in [0.717, 1.165) is 12.2 Å². The van der Waals surface area contributed by atoms with Gasteiger partial charge < -0.3 is 9.64 Å². The predicted octanol–water partition coefficient (Wildman–Crippen LogP) is 6.55. The molecule has 1 unspecified atom stereocenters. The van der Waals surface area contributed by atoms with Crippen molar-refractivity contribution >= 4 is 16.8 Å². The number of hydrogen-bond acceptors (Lipinski definition) is 4. The fraction of sp³-hybridized carbons (Fsp3) is 0.500. The third kappa shape index (κ3) is 6.54. The second kappa shape index (κ2) is 11.7. The van der Waals surface area contributed by atoms with Gasteiger partial charge in [0.1, 0.15) is 11.6 Å². The van der Waals surface area contributed by atoms with E-state index in [1.807, 2.05) is 60.4 Å². The van der Waals surface area contributed by atoms with E-state index in [0.29, 0.717) is 54.3 Å². The Hall–Kier alpha value is -3.15. The second-order valence-electron chi connectivity index (χ2n) is 11.0. The van der Waals surface area contributed by atoms with Crippen molar-refractivity contribution in [3.05, 3.63) is 64.7 Å². The molecule has 6 nitrogen and oxygen atoms in total. The summed E-state index contributed by atoms with van der Waals surface area (Å²) in [6.07, 6.45) is 1.96. The molecule has 36 heavy (non-hydrogen) atoms. The highest BCUT2D eigenvalue weighted by Crippen LogP contribution is 2.30. The number of rotatable bonds is 10. The zero-order chi connectivity index (χ0) is 26.5. The van der Waals surface area contributed by atoms with E-state index in [1.165, 1.54) is 0 Å². The van der Waals surface area contributed by atoms with Gasteiger partial charge in [0.05, 0.1) is 29.2 Å². The van der Waals surface area contributed by atoms with Crippen LogP contribution < -0.4 is 10.3 Å². The number of ether oxygens (including phenoxy) is 1. The Balaban J connectivity index is 2.22. The van der Waals surface area contributed by atoms with Crippen molar-refractivity contribution < 1.29 is 9.53 Å². The largest absolute Gasteiger partial charge is 0.494 e. The van der Waals surface area contributed by atoms with Crippen LogP contribution in [0.15, 0.2) is 53.3 Å². The molecule has 0 spiro atoms. The lowest BCUT2D eigenvalue weighted by Crippen LogP contribution is -2.40. The van der Waals surface area contributed by atoms with Crippen LogP contribution in [0.3, 0.4) is 0 Å². The molecule has 1 atom stereocenters. The van der Waals surface area contributed by atoms with Crippen molar-refractivity contribution in [3.8, 4) is 11.4 Å². The third-order valence-corrected chi connectivity index (χ3v) is 6.22. The van der Waals surface area contributed by atoms with E-state index in [-0.39, 0.29) is 22.9 Å². The van der Waals surface area contributed by atoms with Crippen LogP contribution in [-0.4, -0.2) is 33.5 Å². The van der Waals surface area contributed by atoms with Crippen LogP contribution in [0.1, 0.15) is 79.6 Å². The maximum atomic E-state index is 13.9. The molecule has 3 aromatic rings. The van der Waals surface area contributed by atoms with Gasteiger partial charge in [0, 0.05) is 13.0 Å². The Morgan fingerprint density at radius 3 is 2.31 bits per heavy atom. The number of amides is 1. The number of carbonyl (C=O) groups excluding carboxylic acids is 1. The summed E-state index contributed by atoms with van der Waals surface area (Å²) >= 11 is 0. The fourth-order valence-corrected chi connectivity index (χ4v) is 4.43. The molecule has 0 aliphatic rings. The Morgan fingerprint density at radius 1 is 1.06 bits per heavy atom. The first-order valence-electron chi connectivity index (χ1n) is 13.1. The van der Waals surface area contributed by atoms with Crippen LogP contribution in [0.2, 0.25) is 0 Å². The standard InChI is InChI=1S/C30H41N3O3/c1-8-26(32(19-18-21(3)4)27(34)20-30(5,6)7)28-31-25-13-11-10-12-24(25)29(35)33(28)22-14-16-23(17-15-22)36-9-2/h10-17,21,26H,8-9,18-20H2,1-7H3. The van der Waals surface area contributed by atoms with E-state index in [2.05, 4.69) is 41.5 Å². The number of fused-ring (bicyclic) bond motifs is 1. The number of hydrogen-bond donors (Lipinski definition) is 0. The van der Waals surface area contributed by atoms with Gasteiger partial charge in [-0.2, -0.15) is 0 Å². The Kier molecular flexibility index (Phi) is 8.93. The SMILES string of the molecule is CCOc1ccc(-n2c(C(CC)N(CCC(C)C)C(=O)CC(C)(C)C)nc3ccccc3c2=O)cc1. The summed E-state index contributed by atoms with van der Waals surface area (Å²) in [5.74, 6) is 1.88. The fourth-order valence-electron chi connectivity index (χ4n) is 4.43. The first-order chi connectivity index (χ1) is 17.1. The van der Waals surface area contributed by atoms with Crippen molar-refractivity contribution in [1.82, 2.24) is 14.5 Å². The zero-order valence-electron chi connectivity index (χ0n) is 22.9. The predicted molar refractivity (Wildman–Crippen MR) is 147 cm³/mol. The average molecular weight is 492 g/mol. The molecule has 1 amide bonds. The summed E-state index contributed by atoms with van der Waals surface area (Å²) < 4.78 is 7.29. The molecule has 3 rings (SSSR count). The Labute approximate surface area is 215 Å². The summed E-state index contributed by atoms with van der Waals surface area (Å²) in [6, 6.07) is 14.6. The average Bonchev–Trinajstić information content (AvgIpc) is 2.81. The molecule has 2 aromatic carbocycles. The molecule has 1 aromatic heterocycles. The topological polar surface area (TPSA) is 64.4 Å². The van der Waals surface area contributed by atoms with Crippen LogP contribution in [0, 0.1) is 11.3 Å². The van der Waals surface area contributed by atoms with Crippen molar-refractivity contribution in [2.75, 3.05) is 13.2 Å². The number of para-hydroxylation sites is 1. The zero-order valence-corrected chi connectivity index (χ0v) is 22.9. The number of carbonyl (C=O) groups is 1. The van der Waals surface area contributed by atoms with Crippen molar-refractivity contribution in [1.29, 1.82) is 0 Å². The van der Waals surface area contributed by atoms with E-state index in [1.54, 1.807) is 4.57 Å². The quantitative estimate of drug-likeness (QED) is 0.323. The van der Waals surface area contributed by atoms with Gasteiger partial charge in [0.2, 0.25) is 5.91 Å². The summed E-state index contributed by atoms with van der Waals surface area (Å²) in [4.78, 5) is 34.5. The minimum atomic E-state index is -0.331. The highest BCUT2D eigenvalue weighted by molar-refractivity contribution is 5.79. The first-order valence-corrected chi connectivity index (χ1v) is 13.1. The minimum Gasteiger partial charge on any atom is -0.494 e. The highest BCUT2D eigenvalue weighted by Gasteiger charge is 2.31. The molecule has 0 saturated carbocycles. The lowest BCUT2D eigenvalue weighted by molar-refractivity contribution is -0.136. The lowest BCUT2D eigenvalue weighted by Gasteiger charge is -2.34. The van der Waals surface area contributed by atoms with Crippen LogP contribution in [0.4, 0.5) is 0 Å². The molecule has 0 aliphatic carbocycles. The van der Waals surface area contributed by atoms with Gasteiger partial charge in [0.25, 0.3) is 5.56 Å². The maximum Gasteiger partial charge on any atom is 0.266 e. The first kappa shape index (κ1) is 27.4. The van der Waals surface area contributed by atoms with Crippen LogP contribution in [-0.2, 0) is 4.79 Å². The molecular weight excluding hydrogens is 450 g/mol. The van der Waals surface area contributed by atoms with E-state index >= 15 is 0 Å². The molecule has 0 aliphatic heterocycles. The van der Waals surface area contributed by atoms with Crippen molar-refractivity contribution in [2.45, 2.75) is 73.8 Å². The maximum absolute atomic E-state index is 13.9. The molecule has 0 fully saturated rings. The summed E-state index contributed by atoms with van der Waals surface area (Å²) in [5, 5.41) is 0.555. The van der Waals surface area contributed by atoms with Gasteiger partial charge in [-0.15, -0.1) is 0 Å². The minimum absolute atomic E-state index is 0.0932. The number of aromatic nitrogens is 2. The number of nitrogens with zero attached hydrogens (tertiary/aromatic N) is 3. The van der Waals surface area contributed by atoms with E-state index < -0.39 is 0 Å². The van der Waals surface area contributed by atoms with Crippen LogP contribution in [0.5, 0.6) is 5.75 Å². The molecule has 194 valence electrons. The number of benzene rings is 2. The van der Waals surface area contributed by atoms with E-state index in [9.17, 15) is 9.59 Å². The highest BCUT2D eigenvalue weighted by atomic mass is 16.5. The normalized spacial score (nSPS) is 12.7. The molecular formula is C30H41N3O3. The van der Waals surface area contributed by atoms with Crippen LogP contribution in [0.25, 0.3) is 16.6 Å². The Bertz CT molecular complexity index is 1220. The lowest BCUT2D eigenvalue weighted by atomic mass is 9.91. The molecule has 0 saturated heterocycles. The molecule has 0 bridgehead atoms. The summed E-state index contributed by atoms with van der Waals surface area (Å²) in [7, 11) is 0. The molecule has 0 radical (unpaired) electrons. The van der Waals surface area contributed by atoms with Gasteiger partial charge >= 0.3 is 0 Å². The van der Waals surface area contributed by atoms with E-state index in [4.69, 9.17) is 9.72 Å². The third-order valence-electron chi connectivity index (χ3n) is 6.22. The second-order valence-corrected chi connectivity index (χ2v) is 11.0. The summed E-state index contributed by atoms with van der Waals surface area (Å²) in [6.45, 7) is 15.8. The summed E-state index contributed by atoms with van der Waals surface area (Å²) in [5.41, 5.74) is 1.08.